The van der Waals surface area contributed by atoms with Gasteiger partial charge in [-0.15, -0.1) is 11.8 Å². The molecule has 0 saturated carbocycles. The average molecular weight is 263 g/mol. The fraction of sp³-hybridized carbons (Fsp3) is 0.385. The van der Waals surface area contributed by atoms with Crippen LogP contribution in [0.25, 0.3) is 0 Å². The zero-order valence-corrected chi connectivity index (χ0v) is 10.7. The number of carbonyl (C=O) groups is 2. The van der Waals surface area contributed by atoms with E-state index >= 15 is 0 Å². The van der Waals surface area contributed by atoms with Crippen molar-refractivity contribution in [2.45, 2.75) is 17.5 Å². The Hall–Kier alpha value is -1.33. The van der Waals surface area contributed by atoms with Gasteiger partial charge in [-0.05, 0) is 0 Å². The first-order valence-electron chi connectivity index (χ1n) is 5.80. The Morgan fingerprint density at radius 1 is 1.39 bits per heavy atom. The number of fused-ring (bicyclic) bond motifs is 1. The summed E-state index contributed by atoms with van der Waals surface area (Å²) in [5.41, 5.74) is 0.664. The van der Waals surface area contributed by atoms with Crippen molar-refractivity contribution in [1.29, 1.82) is 0 Å². The van der Waals surface area contributed by atoms with Gasteiger partial charge < -0.3 is 9.64 Å². The number of ketones is 1. The van der Waals surface area contributed by atoms with Gasteiger partial charge >= 0.3 is 0 Å². The van der Waals surface area contributed by atoms with Crippen molar-refractivity contribution in [2.24, 2.45) is 0 Å². The smallest absolute Gasteiger partial charge is 0.256 e. The van der Waals surface area contributed by atoms with Crippen molar-refractivity contribution in [2.75, 3.05) is 12.9 Å². The molecule has 1 amide bonds. The minimum absolute atomic E-state index is 0.0140. The lowest BCUT2D eigenvalue weighted by Gasteiger charge is -2.42. The normalized spacial score (nSPS) is 29.9. The number of nitrogens with zero attached hydrogens (tertiary/aromatic N) is 1. The van der Waals surface area contributed by atoms with Crippen LogP contribution in [0.5, 0.6) is 0 Å². The Morgan fingerprint density at radius 2 is 2.11 bits per heavy atom. The molecule has 0 aromatic heterocycles. The Balaban J connectivity index is 1.80. The van der Waals surface area contributed by atoms with Gasteiger partial charge in [-0.1, -0.05) is 30.3 Å². The highest BCUT2D eigenvalue weighted by Gasteiger charge is 2.56. The summed E-state index contributed by atoms with van der Waals surface area (Å²) in [4.78, 5) is 25.8. The van der Waals surface area contributed by atoms with Crippen LogP contribution in [-0.2, 0) is 9.53 Å². The number of thioether (sulfide) groups is 1. The number of rotatable bonds is 3. The summed E-state index contributed by atoms with van der Waals surface area (Å²) in [6.07, 6.45) is -0.372. The molecule has 1 aromatic carbocycles. The molecular formula is C13H13NO3S. The lowest BCUT2D eigenvalue weighted by molar-refractivity contribution is -0.162. The van der Waals surface area contributed by atoms with Crippen molar-refractivity contribution >= 4 is 23.5 Å². The van der Waals surface area contributed by atoms with Crippen molar-refractivity contribution < 1.29 is 14.3 Å². The maximum absolute atomic E-state index is 12.3. The number of β-lactam (4-membered cyclic amide) rings is 1. The number of Topliss-reactive ketones (excluding diaryl/α,β-unsaturated/α-hetero) is 1. The van der Waals surface area contributed by atoms with E-state index in [0.29, 0.717) is 11.3 Å². The average Bonchev–Trinajstić information content (AvgIpc) is 2.79. The molecule has 0 spiro atoms. The summed E-state index contributed by atoms with van der Waals surface area (Å²) >= 11 is 1.62. The molecule has 0 N–H and O–H groups in total. The number of carbonyl (C=O) groups excluding carboxylic acids is 2. The maximum Gasteiger partial charge on any atom is 0.256 e. The second kappa shape index (κ2) is 4.40. The van der Waals surface area contributed by atoms with Gasteiger partial charge in [0, 0.05) is 18.4 Å². The fourth-order valence-electron chi connectivity index (χ4n) is 2.44. The standard InChI is InChI=1S/C13H13NO3S/c1-17-11-12(16)14-9(7-18-13(11)14)10(15)8-5-3-2-4-6-8/h2-6,9,11,13H,7H2,1H3/t9?,11-,13-/m0/s1. The second-order valence-electron chi connectivity index (χ2n) is 4.37. The van der Waals surface area contributed by atoms with Crippen LogP contribution in [0.2, 0.25) is 0 Å². The van der Waals surface area contributed by atoms with Crippen molar-refractivity contribution in [1.82, 2.24) is 4.90 Å². The third-order valence-electron chi connectivity index (χ3n) is 3.41. The number of methoxy groups -OCH3 is 1. The molecule has 2 aliphatic rings. The van der Waals surface area contributed by atoms with E-state index in [9.17, 15) is 9.59 Å². The molecular weight excluding hydrogens is 250 g/mol. The number of hydrogen-bond acceptors (Lipinski definition) is 4. The van der Waals surface area contributed by atoms with Gasteiger partial charge in [0.1, 0.15) is 11.4 Å². The van der Waals surface area contributed by atoms with Crippen LogP contribution < -0.4 is 0 Å². The fourth-order valence-corrected chi connectivity index (χ4v) is 3.95. The molecule has 5 heteroatoms. The third-order valence-corrected chi connectivity index (χ3v) is 4.73. The summed E-state index contributed by atoms with van der Waals surface area (Å²) in [6.45, 7) is 0. The van der Waals surface area contributed by atoms with E-state index in [2.05, 4.69) is 0 Å². The van der Waals surface area contributed by atoms with Gasteiger partial charge in [0.15, 0.2) is 11.9 Å². The van der Waals surface area contributed by atoms with E-state index in [4.69, 9.17) is 4.74 Å². The van der Waals surface area contributed by atoms with Gasteiger partial charge in [-0.25, -0.2) is 0 Å². The monoisotopic (exact) mass is 263 g/mol. The van der Waals surface area contributed by atoms with Crippen LogP contribution >= 0.6 is 11.8 Å². The lowest BCUT2D eigenvalue weighted by atomic mass is 10.00. The highest BCUT2D eigenvalue weighted by Crippen LogP contribution is 2.41. The van der Waals surface area contributed by atoms with Crippen LogP contribution in [0.3, 0.4) is 0 Å². The molecule has 4 nitrogen and oxygen atoms in total. The minimum Gasteiger partial charge on any atom is -0.368 e. The van der Waals surface area contributed by atoms with E-state index in [0.717, 1.165) is 0 Å². The number of benzene rings is 1. The van der Waals surface area contributed by atoms with E-state index < -0.39 is 0 Å². The quantitative estimate of drug-likeness (QED) is 0.606. The SMILES string of the molecule is CO[C@H]1C(=O)N2C(C(=O)c3ccccc3)CS[C@@H]12. The van der Waals surface area contributed by atoms with Crippen molar-refractivity contribution in [3.63, 3.8) is 0 Å². The predicted molar refractivity (Wildman–Crippen MR) is 68.4 cm³/mol. The highest BCUT2D eigenvalue weighted by molar-refractivity contribution is 8.00. The molecule has 94 valence electrons. The van der Waals surface area contributed by atoms with E-state index in [1.165, 1.54) is 7.11 Å². The van der Waals surface area contributed by atoms with Gasteiger partial charge in [-0.2, -0.15) is 0 Å². The molecule has 2 fully saturated rings. The lowest BCUT2D eigenvalue weighted by Crippen LogP contribution is -2.65. The Labute approximate surface area is 109 Å². The Bertz CT molecular complexity index is 490. The topological polar surface area (TPSA) is 46.6 Å². The van der Waals surface area contributed by atoms with Crippen LogP contribution in [0.4, 0.5) is 0 Å². The van der Waals surface area contributed by atoms with Crippen LogP contribution in [0, 0.1) is 0 Å². The van der Waals surface area contributed by atoms with Crippen LogP contribution in [-0.4, -0.2) is 47.0 Å². The molecule has 3 atom stereocenters. The van der Waals surface area contributed by atoms with Crippen molar-refractivity contribution in [3.8, 4) is 0 Å². The van der Waals surface area contributed by atoms with Gasteiger partial charge in [0.05, 0.1) is 0 Å². The zero-order valence-electron chi connectivity index (χ0n) is 9.91. The molecule has 1 unspecified atom stereocenters. The molecule has 18 heavy (non-hydrogen) atoms. The summed E-state index contributed by atoms with van der Waals surface area (Å²) in [7, 11) is 1.53. The van der Waals surface area contributed by atoms with E-state index in [1.807, 2.05) is 18.2 Å². The predicted octanol–water partition coefficient (Wildman–Crippen LogP) is 1.17. The summed E-state index contributed by atoms with van der Waals surface area (Å²) in [5.74, 6) is 0.611. The Kier molecular flexibility index (Phi) is 2.87. The number of ether oxygens (including phenoxy) is 1. The van der Waals surface area contributed by atoms with Gasteiger partial charge in [0.25, 0.3) is 5.91 Å². The van der Waals surface area contributed by atoms with E-state index in [-0.39, 0.29) is 29.2 Å². The van der Waals surface area contributed by atoms with E-state index in [1.54, 1.807) is 28.8 Å². The molecule has 3 rings (SSSR count). The molecule has 2 aliphatic heterocycles. The molecule has 0 bridgehead atoms. The minimum atomic E-state index is -0.372. The second-order valence-corrected chi connectivity index (χ2v) is 5.52. The van der Waals surface area contributed by atoms with Crippen molar-refractivity contribution in [3.05, 3.63) is 35.9 Å². The largest absolute Gasteiger partial charge is 0.368 e. The van der Waals surface area contributed by atoms with Gasteiger partial charge in [-0.3, -0.25) is 9.59 Å². The first-order valence-corrected chi connectivity index (χ1v) is 6.84. The third kappa shape index (κ3) is 1.58. The Morgan fingerprint density at radius 3 is 2.78 bits per heavy atom. The molecule has 0 radical (unpaired) electrons. The maximum atomic E-state index is 12.3. The number of amides is 1. The zero-order chi connectivity index (χ0) is 12.7. The van der Waals surface area contributed by atoms with Crippen LogP contribution in [0.15, 0.2) is 30.3 Å². The summed E-state index contributed by atoms with van der Waals surface area (Å²) in [5, 5.41) is 0.0140. The first kappa shape index (κ1) is 11.7. The summed E-state index contributed by atoms with van der Waals surface area (Å²) < 4.78 is 5.12. The first-order chi connectivity index (χ1) is 8.74. The molecule has 0 aliphatic carbocycles. The number of hydrogen-bond donors (Lipinski definition) is 0. The van der Waals surface area contributed by atoms with Gasteiger partial charge in [0.2, 0.25) is 0 Å². The summed E-state index contributed by atoms with van der Waals surface area (Å²) in [6, 6.07) is 8.79. The molecule has 2 heterocycles. The molecule has 1 aromatic rings. The van der Waals surface area contributed by atoms with Crippen LogP contribution in [0.1, 0.15) is 10.4 Å². The molecule has 2 saturated heterocycles. The highest BCUT2D eigenvalue weighted by atomic mass is 32.2.